The number of anilines is 3. The number of ether oxygens (including phenoxy) is 2. The number of methoxy groups -OCH3 is 2. The van der Waals surface area contributed by atoms with Gasteiger partial charge in [-0.25, -0.2) is 9.97 Å². The number of hydrogen-bond acceptors (Lipinski definition) is 9. The predicted octanol–water partition coefficient (Wildman–Crippen LogP) is 3.87. The van der Waals surface area contributed by atoms with Crippen molar-refractivity contribution in [2.75, 3.05) is 31.4 Å². The Labute approximate surface area is 168 Å². The van der Waals surface area contributed by atoms with E-state index in [9.17, 15) is 0 Å². The van der Waals surface area contributed by atoms with Crippen LogP contribution in [-0.2, 0) is 6.42 Å². The topological polar surface area (TPSA) is 94.1 Å². The molecule has 0 aliphatic heterocycles. The fourth-order valence-corrected chi connectivity index (χ4v) is 3.31. The molecule has 0 aliphatic carbocycles. The van der Waals surface area contributed by atoms with Crippen molar-refractivity contribution in [1.82, 2.24) is 20.2 Å². The monoisotopic (exact) mass is 400 g/mol. The smallest absolute Gasteiger partial charge is 0.146 e. The van der Waals surface area contributed by atoms with E-state index in [1.54, 1.807) is 25.6 Å². The number of rotatable bonds is 9. The first-order valence-corrected chi connectivity index (χ1v) is 9.78. The van der Waals surface area contributed by atoms with E-state index < -0.39 is 0 Å². The summed E-state index contributed by atoms with van der Waals surface area (Å²) in [6, 6.07) is 7.41. The van der Waals surface area contributed by atoms with Gasteiger partial charge in [-0.15, -0.1) is 21.5 Å². The van der Waals surface area contributed by atoms with Crippen molar-refractivity contribution >= 4 is 28.7 Å². The zero-order valence-electron chi connectivity index (χ0n) is 16.4. The average molecular weight is 401 g/mol. The molecular formula is C19H24N6O2S. The van der Waals surface area contributed by atoms with Crippen LogP contribution in [0, 0.1) is 0 Å². The van der Waals surface area contributed by atoms with Crippen LogP contribution in [0.5, 0.6) is 11.5 Å². The molecule has 0 atom stereocenters. The predicted molar refractivity (Wildman–Crippen MR) is 111 cm³/mol. The molecule has 8 nitrogen and oxygen atoms in total. The van der Waals surface area contributed by atoms with Gasteiger partial charge < -0.3 is 20.1 Å². The molecule has 9 heteroatoms. The van der Waals surface area contributed by atoms with Crippen LogP contribution in [0.2, 0.25) is 0 Å². The average Bonchev–Trinajstić information content (AvgIpc) is 3.18. The summed E-state index contributed by atoms with van der Waals surface area (Å²) < 4.78 is 10.6. The Bertz CT molecular complexity index is 915. The summed E-state index contributed by atoms with van der Waals surface area (Å²) in [5, 5.41) is 17.1. The molecule has 1 aromatic carbocycles. The van der Waals surface area contributed by atoms with Gasteiger partial charge in [0.15, 0.2) is 0 Å². The Morgan fingerprint density at radius 1 is 1.04 bits per heavy atom. The molecule has 2 N–H and O–H groups in total. The molecule has 0 radical (unpaired) electrons. The minimum Gasteiger partial charge on any atom is -0.497 e. The molecule has 2 aromatic heterocycles. The van der Waals surface area contributed by atoms with Gasteiger partial charge in [0.2, 0.25) is 0 Å². The maximum absolute atomic E-state index is 5.41. The first-order chi connectivity index (χ1) is 13.6. The summed E-state index contributed by atoms with van der Waals surface area (Å²) in [5.41, 5.74) is 0.794. The second-order valence-corrected chi connectivity index (χ2v) is 7.44. The highest BCUT2D eigenvalue weighted by Gasteiger charge is 2.09. The van der Waals surface area contributed by atoms with E-state index in [2.05, 4.69) is 44.6 Å². The largest absolute Gasteiger partial charge is 0.497 e. The molecule has 2 heterocycles. The van der Waals surface area contributed by atoms with Crippen LogP contribution < -0.4 is 20.1 Å². The first-order valence-electron chi connectivity index (χ1n) is 8.96. The van der Waals surface area contributed by atoms with Gasteiger partial charge in [-0.05, 0) is 12.1 Å². The van der Waals surface area contributed by atoms with Gasteiger partial charge >= 0.3 is 0 Å². The Hall–Kier alpha value is -2.94. The Morgan fingerprint density at radius 2 is 1.86 bits per heavy atom. The maximum atomic E-state index is 5.41. The van der Waals surface area contributed by atoms with Gasteiger partial charge in [-0.3, -0.25) is 0 Å². The SMILES string of the molecule is COc1ccc(Nc2cc(NCCc3nnc(C(C)C)s3)ncn2)c(OC)c1. The maximum Gasteiger partial charge on any atom is 0.146 e. The van der Waals surface area contributed by atoms with Gasteiger partial charge in [0.1, 0.15) is 39.5 Å². The third kappa shape index (κ3) is 5.07. The summed E-state index contributed by atoms with van der Waals surface area (Å²) in [6.07, 6.45) is 2.31. The second kappa shape index (κ2) is 9.32. The fraction of sp³-hybridized carbons (Fsp3) is 0.368. The van der Waals surface area contributed by atoms with Crippen molar-refractivity contribution in [3.8, 4) is 11.5 Å². The van der Waals surface area contributed by atoms with Gasteiger partial charge in [0.05, 0.1) is 19.9 Å². The summed E-state index contributed by atoms with van der Waals surface area (Å²) in [5.74, 6) is 3.21. The number of nitrogens with zero attached hydrogens (tertiary/aromatic N) is 4. The summed E-state index contributed by atoms with van der Waals surface area (Å²) >= 11 is 1.66. The van der Waals surface area contributed by atoms with E-state index in [0.29, 0.717) is 17.5 Å². The van der Waals surface area contributed by atoms with Gasteiger partial charge in [-0.2, -0.15) is 0 Å². The summed E-state index contributed by atoms with van der Waals surface area (Å²) in [4.78, 5) is 8.54. The van der Waals surface area contributed by atoms with Crippen LogP contribution in [0.3, 0.4) is 0 Å². The molecule has 0 unspecified atom stereocenters. The number of benzene rings is 1. The Kier molecular flexibility index (Phi) is 6.59. The Morgan fingerprint density at radius 3 is 2.57 bits per heavy atom. The van der Waals surface area contributed by atoms with Gasteiger partial charge in [0.25, 0.3) is 0 Å². The molecule has 0 bridgehead atoms. The van der Waals surface area contributed by atoms with Crippen molar-refractivity contribution in [1.29, 1.82) is 0 Å². The van der Waals surface area contributed by atoms with Crippen LogP contribution in [-0.4, -0.2) is 40.9 Å². The fourth-order valence-electron chi connectivity index (χ4n) is 2.46. The zero-order chi connectivity index (χ0) is 19.9. The van der Waals surface area contributed by atoms with Crippen LogP contribution >= 0.6 is 11.3 Å². The third-order valence-electron chi connectivity index (χ3n) is 3.96. The zero-order valence-corrected chi connectivity index (χ0v) is 17.2. The molecule has 3 rings (SSSR count). The van der Waals surface area contributed by atoms with Crippen LogP contribution in [0.25, 0.3) is 0 Å². The van der Waals surface area contributed by atoms with E-state index in [4.69, 9.17) is 9.47 Å². The molecule has 28 heavy (non-hydrogen) atoms. The van der Waals surface area contributed by atoms with Gasteiger partial charge in [0, 0.05) is 31.0 Å². The number of aromatic nitrogens is 4. The molecular weight excluding hydrogens is 376 g/mol. The van der Waals surface area contributed by atoms with E-state index in [1.807, 2.05) is 24.3 Å². The lowest BCUT2D eigenvalue weighted by atomic mass is 10.2. The Balaban J connectivity index is 1.61. The standard InChI is InChI=1S/C19H24N6O2S/c1-12(2)19-25-24-18(28-19)7-8-20-16-10-17(22-11-21-16)23-14-6-5-13(26-3)9-15(14)27-4/h5-6,9-12H,7-8H2,1-4H3,(H2,20,21,22,23). The molecule has 0 saturated heterocycles. The molecule has 148 valence electrons. The lowest BCUT2D eigenvalue weighted by molar-refractivity contribution is 0.395. The second-order valence-electron chi connectivity index (χ2n) is 6.35. The van der Waals surface area contributed by atoms with Crippen molar-refractivity contribution in [2.24, 2.45) is 0 Å². The van der Waals surface area contributed by atoms with E-state index in [1.165, 1.54) is 6.33 Å². The van der Waals surface area contributed by atoms with Crippen molar-refractivity contribution < 1.29 is 9.47 Å². The summed E-state index contributed by atoms with van der Waals surface area (Å²) in [6.45, 7) is 4.96. The molecule has 0 aliphatic rings. The highest BCUT2D eigenvalue weighted by Crippen LogP contribution is 2.31. The van der Waals surface area contributed by atoms with E-state index >= 15 is 0 Å². The number of nitrogens with one attached hydrogen (secondary N) is 2. The first kappa shape index (κ1) is 19.8. The quantitative estimate of drug-likeness (QED) is 0.559. The van der Waals surface area contributed by atoms with Crippen molar-refractivity contribution in [3.05, 3.63) is 40.6 Å². The minimum absolute atomic E-state index is 0.407. The number of hydrogen-bond donors (Lipinski definition) is 2. The lowest BCUT2D eigenvalue weighted by Crippen LogP contribution is -2.07. The molecule has 0 amide bonds. The molecule has 0 spiro atoms. The van der Waals surface area contributed by atoms with Crippen LogP contribution in [0.1, 0.15) is 29.8 Å². The highest BCUT2D eigenvalue weighted by atomic mass is 32.1. The minimum atomic E-state index is 0.407. The van der Waals surface area contributed by atoms with Crippen molar-refractivity contribution in [2.45, 2.75) is 26.2 Å². The van der Waals surface area contributed by atoms with Crippen molar-refractivity contribution in [3.63, 3.8) is 0 Å². The van der Waals surface area contributed by atoms with E-state index in [0.717, 1.165) is 40.2 Å². The van der Waals surface area contributed by atoms with Crippen LogP contribution in [0.4, 0.5) is 17.3 Å². The normalized spacial score (nSPS) is 10.8. The molecule has 0 saturated carbocycles. The van der Waals surface area contributed by atoms with E-state index in [-0.39, 0.29) is 0 Å². The molecule has 0 fully saturated rings. The van der Waals surface area contributed by atoms with Gasteiger partial charge in [-0.1, -0.05) is 13.8 Å². The highest BCUT2D eigenvalue weighted by molar-refractivity contribution is 7.11. The van der Waals surface area contributed by atoms with Crippen LogP contribution in [0.15, 0.2) is 30.6 Å². The molecule has 3 aromatic rings. The summed E-state index contributed by atoms with van der Waals surface area (Å²) in [7, 11) is 3.24. The lowest BCUT2D eigenvalue weighted by Gasteiger charge is -2.12. The third-order valence-corrected chi connectivity index (χ3v) is 5.24.